The Balaban J connectivity index is 2.11. The molecule has 0 fully saturated rings. The van der Waals surface area contributed by atoms with Crippen LogP contribution in [0.2, 0.25) is 0 Å². The van der Waals surface area contributed by atoms with Gasteiger partial charge in [0.25, 0.3) is 0 Å². The predicted molar refractivity (Wildman–Crippen MR) is 72.6 cm³/mol. The number of hydrogen-bond donors (Lipinski definition) is 1. The first-order chi connectivity index (χ1) is 8.70. The quantitative estimate of drug-likeness (QED) is 0.896. The number of pyridine rings is 1. The van der Waals surface area contributed by atoms with Crippen LogP contribution >= 0.6 is 0 Å². The molecule has 2 N–H and O–H groups in total. The summed E-state index contributed by atoms with van der Waals surface area (Å²) in [6.07, 6.45) is 2.56. The van der Waals surface area contributed by atoms with Crippen molar-refractivity contribution in [2.24, 2.45) is 5.73 Å². The summed E-state index contributed by atoms with van der Waals surface area (Å²) in [6.45, 7) is 2.06. The Morgan fingerprint density at radius 1 is 1.22 bits per heavy atom. The number of ether oxygens (including phenoxy) is 1. The lowest BCUT2D eigenvalue weighted by molar-refractivity contribution is 0.414. The van der Waals surface area contributed by atoms with Gasteiger partial charge in [-0.1, -0.05) is 18.2 Å². The van der Waals surface area contributed by atoms with E-state index in [2.05, 4.69) is 18.0 Å². The highest BCUT2D eigenvalue weighted by Crippen LogP contribution is 2.19. The summed E-state index contributed by atoms with van der Waals surface area (Å²) in [4.78, 5) is 4.37. The Bertz CT molecular complexity index is 508. The van der Waals surface area contributed by atoms with Crippen LogP contribution in [-0.4, -0.2) is 12.1 Å². The molecule has 0 saturated carbocycles. The Morgan fingerprint density at radius 2 is 1.94 bits per heavy atom. The zero-order valence-corrected chi connectivity index (χ0v) is 10.8. The minimum absolute atomic E-state index is 0.0375. The van der Waals surface area contributed by atoms with E-state index in [1.165, 1.54) is 5.56 Å². The molecular formula is C15H18N2O. The largest absolute Gasteiger partial charge is 0.497 e. The topological polar surface area (TPSA) is 48.1 Å². The van der Waals surface area contributed by atoms with Crippen molar-refractivity contribution in [3.8, 4) is 5.75 Å². The van der Waals surface area contributed by atoms with E-state index in [0.29, 0.717) is 0 Å². The molecule has 0 saturated heterocycles. The first-order valence-corrected chi connectivity index (χ1v) is 6.00. The maximum absolute atomic E-state index is 6.21. The van der Waals surface area contributed by atoms with E-state index in [-0.39, 0.29) is 6.04 Å². The summed E-state index contributed by atoms with van der Waals surface area (Å²) < 4.78 is 5.13. The fourth-order valence-corrected chi connectivity index (χ4v) is 1.91. The van der Waals surface area contributed by atoms with Crippen LogP contribution in [0.5, 0.6) is 5.75 Å². The summed E-state index contributed by atoms with van der Waals surface area (Å²) in [7, 11) is 1.66. The molecule has 1 aromatic carbocycles. The number of nitrogens with two attached hydrogens (primary N) is 1. The smallest absolute Gasteiger partial charge is 0.118 e. The van der Waals surface area contributed by atoms with Gasteiger partial charge in [0, 0.05) is 24.4 Å². The first-order valence-electron chi connectivity index (χ1n) is 6.00. The van der Waals surface area contributed by atoms with Crippen LogP contribution in [-0.2, 0) is 6.42 Å². The third kappa shape index (κ3) is 2.87. The first kappa shape index (κ1) is 12.6. The predicted octanol–water partition coefficient (Wildman–Crippen LogP) is 2.64. The van der Waals surface area contributed by atoms with Crippen molar-refractivity contribution in [2.45, 2.75) is 19.4 Å². The molecule has 0 aliphatic rings. The van der Waals surface area contributed by atoms with Crippen molar-refractivity contribution in [3.63, 3.8) is 0 Å². The zero-order chi connectivity index (χ0) is 13.0. The lowest BCUT2D eigenvalue weighted by Crippen LogP contribution is -2.14. The second-order valence-corrected chi connectivity index (χ2v) is 4.35. The molecule has 1 atom stereocenters. The second-order valence-electron chi connectivity index (χ2n) is 4.35. The molecular weight excluding hydrogens is 224 g/mol. The summed E-state index contributed by atoms with van der Waals surface area (Å²) in [5.74, 6) is 0.847. The van der Waals surface area contributed by atoms with Gasteiger partial charge in [-0.2, -0.15) is 0 Å². The van der Waals surface area contributed by atoms with Crippen molar-refractivity contribution in [2.75, 3.05) is 7.11 Å². The standard InChI is InChI=1S/C15H18N2O/c1-11-4-3-9-17-15(11)10-14(16)12-5-7-13(18-2)8-6-12/h3-9,14H,10,16H2,1-2H3. The Kier molecular flexibility index (Phi) is 3.95. The number of benzene rings is 1. The van der Waals surface area contributed by atoms with E-state index in [9.17, 15) is 0 Å². The molecule has 94 valence electrons. The van der Waals surface area contributed by atoms with E-state index in [0.717, 1.165) is 23.4 Å². The van der Waals surface area contributed by atoms with Crippen LogP contribution in [0.25, 0.3) is 0 Å². The van der Waals surface area contributed by atoms with Gasteiger partial charge in [-0.05, 0) is 36.2 Å². The van der Waals surface area contributed by atoms with Gasteiger partial charge in [-0.15, -0.1) is 0 Å². The van der Waals surface area contributed by atoms with Gasteiger partial charge in [0.1, 0.15) is 5.75 Å². The van der Waals surface area contributed by atoms with E-state index in [4.69, 9.17) is 10.5 Å². The molecule has 2 aromatic rings. The summed E-state index contributed by atoms with van der Waals surface area (Å²) >= 11 is 0. The number of aryl methyl sites for hydroxylation is 1. The summed E-state index contributed by atoms with van der Waals surface area (Å²) in [5, 5.41) is 0. The highest BCUT2D eigenvalue weighted by atomic mass is 16.5. The van der Waals surface area contributed by atoms with Crippen molar-refractivity contribution in [1.82, 2.24) is 4.98 Å². The number of hydrogen-bond acceptors (Lipinski definition) is 3. The highest BCUT2D eigenvalue weighted by Gasteiger charge is 2.09. The fourth-order valence-electron chi connectivity index (χ4n) is 1.91. The van der Waals surface area contributed by atoms with Crippen LogP contribution in [0.15, 0.2) is 42.6 Å². The van der Waals surface area contributed by atoms with Crippen molar-refractivity contribution >= 4 is 0 Å². The molecule has 0 spiro atoms. The maximum Gasteiger partial charge on any atom is 0.118 e. The minimum Gasteiger partial charge on any atom is -0.497 e. The van der Waals surface area contributed by atoms with E-state index in [1.54, 1.807) is 7.11 Å². The number of aromatic nitrogens is 1. The lowest BCUT2D eigenvalue weighted by atomic mass is 10.0. The zero-order valence-electron chi connectivity index (χ0n) is 10.8. The third-order valence-corrected chi connectivity index (χ3v) is 3.08. The molecule has 18 heavy (non-hydrogen) atoms. The van der Waals surface area contributed by atoms with Crippen molar-refractivity contribution in [1.29, 1.82) is 0 Å². The van der Waals surface area contributed by atoms with Crippen molar-refractivity contribution in [3.05, 3.63) is 59.4 Å². The second kappa shape index (κ2) is 5.65. The molecule has 3 nitrogen and oxygen atoms in total. The van der Waals surface area contributed by atoms with Gasteiger partial charge >= 0.3 is 0 Å². The van der Waals surface area contributed by atoms with E-state index < -0.39 is 0 Å². The molecule has 0 bridgehead atoms. The molecule has 0 aliphatic heterocycles. The molecule has 1 heterocycles. The lowest BCUT2D eigenvalue weighted by Gasteiger charge is -2.13. The molecule has 2 rings (SSSR count). The minimum atomic E-state index is -0.0375. The Morgan fingerprint density at radius 3 is 2.56 bits per heavy atom. The van der Waals surface area contributed by atoms with Crippen LogP contribution < -0.4 is 10.5 Å². The Labute approximate surface area is 108 Å². The van der Waals surface area contributed by atoms with Gasteiger partial charge < -0.3 is 10.5 Å². The Hall–Kier alpha value is -1.87. The van der Waals surface area contributed by atoms with Crippen molar-refractivity contribution < 1.29 is 4.74 Å². The van der Waals surface area contributed by atoms with Crippen LogP contribution in [0.4, 0.5) is 0 Å². The number of nitrogens with zero attached hydrogens (tertiary/aromatic N) is 1. The van der Waals surface area contributed by atoms with Crippen LogP contribution in [0.1, 0.15) is 22.9 Å². The monoisotopic (exact) mass is 242 g/mol. The van der Waals surface area contributed by atoms with Crippen LogP contribution in [0.3, 0.4) is 0 Å². The normalized spacial score (nSPS) is 12.2. The van der Waals surface area contributed by atoms with Gasteiger partial charge in [-0.3, -0.25) is 4.98 Å². The van der Waals surface area contributed by atoms with E-state index in [1.807, 2.05) is 36.5 Å². The van der Waals surface area contributed by atoms with E-state index >= 15 is 0 Å². The van der Waals surface area contributed by atoms with Crippen LogP contribution in [0, 0.1) is 6.92 Å². The fraction of sp³-hybridized carbons (Fsp3) is 0.267. The molecule has 0 amide bonds. The average molecular weight is 242 g/mol. The molecule has 3 heteroatoms. The van der Waals surface area contributed by atoms with Gasteiger partial charge in [0.2, 0.25) is 0 Å². The number of rotatable bonds is 4. The van der Waals surface area contributed by atoms with Gasteiger partial charge in [0.15, 0.2) is 0 Å². The summed E-state index contributed by atoms with van der Waals surface area (Å²) in [6, 6.07) is 11.8. The highest BCUT2D eigenvalue weighted by molar-refractivity contribution is 5.30. The molecule has 1 aromatic heterocycles. The third-order valence-electron chi connectivity index (χ3n) is 3.08. The molecule has 0 aliphatic carbocycles. The molecule has 0 radical (unpaired) electrons. The van der Waals surface area contributed by atoms with Gasteiger partial charge in [0.05, 0.1) is 7.11 Å². The van der Waals surface area contributed by atoms with Gasteiger partial charge in [-0.25, -0.2) is 0 Å². The SMILES string of the molecule is COc1ccc(C(N)Cc2ncccc2C)cc1. The summed E-state index contributed by atoms with van der Waals surface area (Å²) in [5.41, 5.74) is 9.54. The molecule has 1 unspecified atom stereocenters. The maximum atomic E-state index is 6.21. The number of methoxy groups -OCH3 is 1. The average Bonchev–Trinajstić information content (AvgIpc) is 2.41.